The molecule has 0 aromatic rings. The van der Waals surface area contributed by atoms with E-state index in [1.54, 1.807) is 0 Å². The first kappa shape index (κ1) is 55.2. The second kappa shape index (κ2) is 21.7. The van der Waals surface area contributed by atoms with Gasteiger partial charge in [0.05, 0.1) is 43.9 Å². The zero-order chi connectivity index (χ0) is 51.9. The number of allylic oxidation sites excluding steroid dienone is 2. The van der Waals surface area contributed by atoms with Gasteiger partial charge >= 0.3 is 0 Å². The van der Waals surface area contributed by atoms with Gasteiger partial charge < -0.3 is 104 Å². The average molecular weight is 1030 g/mol. The van der Waals surface area contributed by atoms with Crippen LogP contribution in [0.15, 0.2) is 23.0 Å². The van der Waals surface area contributed by atoms with Gasteiger partial charge in [-0.15, -0.1) is 0 Å². The molecule has 0 amide bonds. The summed E-state index contributed by atoms with van der Waals surface area (Å²) in [6.45, 7) is 11.1. The van der Waals surface area contributed by atoms with E-state index < -0.39 is 142 Å². The van der Waals surface area contributed by atoms with Crippen molar-refractivity contribution in [2.45, 2.75) is 234 Å². The highest BCUT2D eigenvalue weighted by molar-refractivity contribution is 5.30. The van der Waals surface area contributed by atoms with E-state index in [0.29, 0.717) is 36.5 Å². The number of hydrogen-bond donors (Lipinski definition) is 12. The quantitative estimate of drug-likeness (QED) is 0.0926. The second-order valence-electron chi connectivity index (χ2n) is 23.2. The Morgan fingerprint density at radius 1 is 0.653 bits per heavy atom. The van der Waals surface area contributed by atoms with Crippen molar-refractivity contribution in [3.05, 3.63) is 23.0 Å². The van der Waals surface area contributed by atoms with Crippen molar-refractivity contribution in [2.75, 3.05) is 19.8 Å². The van der Waals surface area contributed by atoms with Crippen LogP contribution in [0.4, 0.5) is 0 Å². The maximum Gasteiger partial charge on any atom is 0.187 e. The molecule has 0 aromatic carbocycles. The van der Waals surface area contributed by atoms with Gasteiger partial charge in [0.1, 0.15) is 91.6 Å². The number of fused-ring (bicyclic) bond motifs is 7. The fourth-order valence-electron chi connectivity index (χ4n) is 14.5. The summed E-state index contributed by atoms with van der Waals surface area (Å²) in [5, 5.41) is 126. The molecule has 4 saturated heterocycles. The average Bonchev–Trinajstić information content (AvgIpc) is 3.85. The number of aliphatic hydroxyl groups is 12. The zero-order valence-electron chi connectivity index (χ0n) is 42.2. The zero-order valence-corrected chi connectivity index (χ0v) is 42.2. The first-order valence-corrected chi connectivity index (χ1v) is 26.4. The Hall–Kier alpha value is -1.52. The minimum absolute atomic E-state index is 0.0680. The molecule has 1 unspecified atom stereocenters. The van der Waals surface area contributed by atoms with Gasteiger partial charge in [0.15, 0.2) is 25.2 Å². The summed E-state index contributed by atoms with van der Waals surface area (Å²) >= 11 is 0. The van der Waals surface area contributed by atoms with Gasteiger partial charge in [-0.25, -0.2) is 0 Å². The Balaban J connectivity index is 0.849. The first-order valence-electron chi connectivity index (χ1n) is 26.4. The molecule has 21 nitrogen and oxygen atoms in total. The van der Waals surface area contributed by atoms with Crippen LogP contribution < -0.4 is 0 Å². The van der Waals surface area contributed by atoms with Crippen molar-refractivity contribution in [2.24, 2.45) is 40.4 Å². The van der Waals surface area contributed by atoms with E-state index >= 15 is 0 Å². The second-order valence-corrected chi connectivity index (χ2v) is 23.2. The predicted octanol–water partition coefficient (Wildman–Crippen LogP) is -1.03. The Labute approximate surface area is 420 Å². The fraction of sp³-hybridized carbons (Fsp3) is 0.922. The van der Waals surface area contributed by atoms with Crippen molar-refractivity contribution in [1.82, 2.24) is 0 Å². The highest BCUT2D eigenvalue weighted by Crippen LogP contribution is 2.69. The van der Waals surface area contributed by atoms with Gasteiger partial charge in [0.2, 0.25) is 0 Å². The molecule has 9 aliphatic rings. The lowest BCUT2D eigenvalue weighted by atomic mass is 9.47. The van der Waals surface area contributed by atoms with Gasteiger partial charge in [0.25, 0.3) is 0 Å². The smallest absolute Gasteiger partial charge is 0.187 e. The van der Waals surface area contributed by atoms with Crippen molar-refractivity contribution in [1.29, 1.82) is 0 Å². The van der Waals surface area contributed by atoms with Crippen LogP contribution in [-0.4, -0.2) is 216 Å². The molecule has 5 aliphatic heterocycles. The molecule has 412 valence electrons. The lowest BCUT2D eigenvalue weighted by Crippen LogP contribution is -2.66. The summed E-state index contributed by atoms with van der Waals surface area (Å²) in [5.74, 6) is 2.80. The van der Waals surface area contributed by atoms with Crippen LogP contribution in [0.25, 0.3) is 0 Å². The molecular weight excluding hydrogens is 949 g/mol. The van der Waals surface area contributed by atoms with Crippen LogP contribution in [0.5, 0.6) is 0 Å². The van der Waals surface area contributed by atoms with Gasteiger partial charge in [-0.1, -0.05) is 32.4 Å². The summed E-state index contributed by atoms with van der Waals surface area (Å²) < 4.78 is 54.8. The van der Waals surface area contributed by atoms with E-state index in [0.717, 1.165) is 50.7 Å². The fourth-order valence-corrected chi connectivity index (χ4v) is 14.5. The summed E-state index contributed by atoms with van der Waals surface area (Å²) in [4.78, 5) is 0. The summed E-state index contributed by atoms with van der Waals surface area (Å²) in [7, 11) is 0. The van der Waals surface area contributed by atoms with E-state index in [2.05, 4.69) is 26.8 Å². The van der Waals surface area contributed by atoms with Gasteiger partial charge in [-0.3, -0.25) is 0 Å². The molecule has 9 rings (SSSR count). The number of rotatable bonds is 14. The van der Waals surface area contributed by atoms with Gasteiger partial charge in [0, 0.05) is 12.3 Å². The highest BCUT2D eigenvalue weighted by atomic mass is 16.8. The molecule has 7 fully saturated rings. The van der Waals surface area contributed by atoms with Gasteiger partial charge in [-0.2, -0.15) is 0 Å². The Bertz CT molecular complexity index is 1920. The van der Waals surface area contributed by atoms with Crippen LogP contribution in [0.2, 0.25) is 0 Å². The first-order chi connectivity index (χ1) is 34.1. The topological polar surface area (TPSA) is 326 Å². The van der Waals surface area contributed by atoms with Crippen LogP contribution in [0.1, 0.15) is 99.3 Å². The van der Waals surface area contributed by atoms with Crippen LogP contribution in [0, 0.1) is 40.4 Å². The van der Waals surface area contributed by atoms with E-state index in [4.69, 9.17) is 42.6 Å². The SMILES string of the molecule is CC1=C(CC[C@@H](C)CO[C@@H]2O[C@H](CO)[C@@H](O)[C@H](O)[C@H]2O)O[C@H]2C[C@H]3[C@@H]4CC=C5CC(O[C@@H]6O[C@H](CO)[C@@H](O[C@@H]7O[C@@H](C)[C@H](O)[C@@H](O)[C@H]7O)[C@H](O)[C@H]6O[C@@H]6O[C@@H](C)[C@H](O)[C@@H](O)[C@H]6O)CC[C@]5(C)[C@H]4CC[C@]3(C)[C@@H]12. The Morgan fingerprint density at radius 2 is 1.25 bits per heavy atom. The molecule has 5 heterocycles. The molecule has 3 saturated carbocycles. The largest absolute Gasteiger partial charge is 0.494 e. The van der Waals surface area contributed by atoms with Crippen molar-refractivity contribution < 1.29 is 104 Å². The Morgan fingerprint density at radius 3 is 1.89 bits per heavy atom. The molecule has 12 N–H and O–H groups in total. The standard InChI is InChI=1S/C51H82O21/c1-20(19-64-46-40(60)39(59)36(56)31(17-52)69-46)7-10-29-21(2)33-30(68-29)16-28-26-9-8-24-15-25(11-13-50(24,5)27(26)12-14-51(28,33)6)67-49-45(72-48-42(62)38(58)35(55)23(4)66-48)43(63)44(32(18-53)70-49)71-47-41(61)37(57)34(54)22(3)65-47/h8,20,22-23,25-28,30-49,52-63H,7,9-19H2,1-6H3/t20-,22+,23+,25?,26-,27+,28+,30+,31-,32-,33+,34+,35+,36-,37-,38-,39+,40-,41-,42-,43+,44-,45-,46-,47+,48+,49-,50+,51+/m1/s1. The minimum Gasteiger partial charge on any atom is -0.494 e. The molecule has 21 heteroatoms. The van der Waals surface area contributed by atoms with Crippen molar-refractivity contribution in [3.8, 4) is 0 Å². The molecule has 4 aliphatic carbocycles. The predicted molar refractivity (Wildman–Crippen MR) is 247 cm³/mol. The molecule has 0 bridgehead atoms. The lowest BCUT2D eigenvalue weighted by Gasteiger charge is -2.58. The third-order valence-electron chi connectivity index (χ3n) is 18.8. The maximum absolute atomic E-state index is 12.0. The normalized spacial score (nSPS) is 52.9. The van der Waals surface area contributed by atoms with E-state index in [9.17, 15) is 61.3 Å². The molecule has 0 spiro atoms. The minimum atomic E-state index is -1.74. The molecule has 29 atom stereocenters. The van der Waals surface area contributed by atoms with E-state index in [1.165, 1.54) is 25.0 Å². The molecule has 72 heavy (non-hydrogen) atoms. The number of aliphatic hydroxyl groups excluding tert-OH is 12. The van der Waals surface area contributed by atoms with Crippen LogP contribution in [0.3, 0.4) is 0 Å². The third-order valence-corrected chi connectivity index (χ3v) is 18.8. The highest BCUT2D eigenvalue weighted by Gasteiger charge is 2.64. The van der Waals surface area contributed by atoms with E-state index in [1.807, 2.05) is 6.92 Å². The van der Waals surface area contributed by atoms with E-state index in [-0.39, 0.29) is 29.5 Å². The summed E-state index contributed by atoms with van der Waals surface area (Å²) in [6.07, 6.45) is -18.8. The summed E-state index contributed by atoms with van der Waals surface area (Å²) in [6, 6.07) is 0. The van der Waals surface area contributed by atoms with Crippen molar-refractivity contribution >= 4 is 0 Å². The monoisotopic (exact) mass is 1030 g/mol. The Kier molecular flexibility index (Phi) is 16.7. The van der Waals surface area contributed by atoms with Crippen LogP contribution >= 0.6 is 0 Å². The summed E-state index contributed by atoms with van der Waals surface area (Å²) in [5.41, 5.74) is 2.59. The van der Waals surface area contributed by atoms with Gasteiger partial charge in [-0.05, 0) is 112 Å². The maximum atomic E-state index is 12.0. The lowest BCUT2D eigenvalue weighted by molar-refractivity contribution is -0.388. The van der Waals surface area contributed by atoms with Crippen molar-refractivity contribution in [3.63, 3.8) is 0 Å². The number of hydrogen-bond acceptors (Lipinski definition) is 21. The van der Waals surface area contributed by atoms with Crippen LogP contribution in [-0.2, 0) is 42.6 Å². The number of ether oxygens (including phenoxy) is 9. The molecular formula is C51H82O21. The molecule has 0 aromatic heterocycles. The third kappa shape index (κ3) is 9.90. The molecule has 0 radical (unpaired) electrons.